The summed E-state index contributed by atoms with van der Waals surface area (Å²) in [4.78, 5) is 14.5. The molecule has 2 aromatic rings. The Bertz CT molecular complexity index is 711. The number of nitrogens with zero attached hydrogens (tertiary/aromatic N) is 1. The standard InChI is InChI=1S/C21H26FN3O/c22-18-10-8-17(9-11-18)12-13-23-21(26)16-24-19-6-2-3-7-20(19)25-14-4-1-5-15-25/h2-3,6-11,24H,1,4-5,12-16H2,(H,23,26). The Hall–Kier alpha value is -2.56. The van der Waals surface area contributed by atoms with Crippen LogP contribution in [0.25, 0.3) is 0 Å². The smallest absolute Gasteiger partial charge is 0.239 e. The first-order valence-corrected chi connectivity index (χ1v) is 9.31. The zero-order valence-electron chi connectivity index (χ0n) is 15.0. The van der Waals surface area contributed by atoms with Crippen molar-refractivity contribution in [1.29, 1.82) is 0 Å². The number of hydrogen-bond donors (Lipinski definition) is 2. The van der Waals surface area contributed by atoms with Crippen molar-refractivity contribution in [2.75, 3.05) is 36.4 Å². The molecule has 2 aromatic carbocycles. The molecule has 1 aliphatic rings. The summed E-state index contributed by atoms with van der Waals surface area (Å²) in [6.07, 6.45) is 4.43. The summed E-state index contributed by atoms with van der Waals surface area (Å²) in [6, 6.07) is 14.5. The van der Waals surface area contributed by atoms with Gasteiger partial charge in [-0.1, -0.05) is 24.3 Å². The molecule has 1 fully saturated rings. The maximum Gasteiger partial charge on any atom is 0.239 e. The van der Waals surface area contributed by atoms with E-state index in [9.17, 15) is 9.18 Å². The van der Waals surface area contributed by atoms with Gasteiger partial charge in [-0.3, -0.25) is 4.79 Å². The average Bonchev–Trinajstić information content (AvgIpc) is 2.69. The number of benzene rings is 2. The fraction of sp³-hybridized carbons (Fsp3) is 0.381. The van der Waals surface area contributed by atoms with Gasteiger partial charge in [0, 0.05) is 19.6 Å². The molecule has 26 heavy (non-hydrogen) atoms. The minimum Gasteiger partial charge on any atom is -0.374 e. The Morgan fingerprint density at radius 2 is 1.73 bits per heavy atom. The lowest BCUT2D eigenvalue weighted by Crippen LogP contribution is -2.33. The van der Waals surface area contributed by atoms with Crippen molar-refractivity contribution in [3.63, 3.8) is 0 Å². The summed E-state index contributed by atoms with van der Waals surface area (Å²) in [5, 5.41) is 6.17. The summed E-state index contributed by atoms with van der Waals surface area (Å²) in [6.45, 7) is 2.93. The van der Waals surface area contributed by atoms with Crippen LogP contribution >= 0.6 is 0 Å². The molecule has 2 N–H and O–H groups in total. The third-order valence-electron chi connectivity index (χ3n) is 4.69. The first kappa shape index (κ1) is 18.2. The maximum absolute atomic E-state index is 12.9. The molecule has 0 spiro atoms. The Kier molecular flexibility index (Phi) is 6.47. The quantitative estimate of drug-likeness (QED) is 0.798. The second-order valence-corrected chi connectivity index (χ2v) is 6.64. The molecule has 0 unspecified atom stereocenters. The number of para-hydroxylation sites is 2. The predicted octanol–water partition coefficient (Wildman–Crippen LogP) is 3.59. The van der Waals surface area contributed by atoms with Gasteiger partial charge in [0.2, 0.25) is 5.91 Å². The number of anilines is 2. The lowest BCUT2D eigenvalue weighted by Gasteiger charge is -2.30. The number of carbonyl (C=O) groups is 1. The highest BCUT2D eigenvalue weighted by atomic mass is 19.1. The number of amides is 1. The van der Waals surface area contributed by atoms with Crippen LogP contribution in [0.2, 0.25) is 0 Å². The molecule has 0 saturated carbocycles. The van der Waals surface area contributed by atoms with Gasteiger partial charge in [-0.15, -0.1) is 0 Å². The van der Waals surface area contributed by atoms with Crippen molar-refractivity contribution in [2.45, 2.75) is 25.7 Å². The minimum atomic E-state index is -0.241. The van der Waals surface area contributed by atoms with Crippen molar-refractivity contribution in [2.24, 2.45) is 0 Å². The van der Waals surface area contributed by atoms with Crippen LogP contribution < -0.4 is 15.5 Å². The van der Waals surface area contributed by atoms with Gasteiger partial charge in [0.1, 0.15) is 5.82 Å². The molecule has 138 valence electrons. The number of hydrogen-bond acceptors (Lipinski definition) is 3. The van der Waals surface area contributed by atoms with Crippen LogP contribution in [-0.4, -0.2) is 32.1 Å². The van der Waals surface area contributed by atoms with Crippen molar-refractivity contribution >= 4 is 17.3 Å². The van der Waals surface area contributed by atoms with Crippen LogP contribution in [0.4, 0.5) is 15.8 Å². The normalized spacial score (nSPS) is 14.1. The largest absolute Gasteiger partial charge is 0.374 e. The number of nitrogens with one attached hydrogen (secondary N) is 2. The lowest BCUT2D eigenvalue weighted by atomic mass is 10.1. The molecule has 4 nitrogen and oxygen atoms in total. The van der Waals surface area contributed by atoms with E-state index in [4.69, 9.17) is 0 Å². The van der Waals surface area contributed by atoms with Crippen LogP contribution in [0, 0.1) is 5.82 Å². The molecule has 1 saturated heterocycles. The second kappa shape index (κ2) is 9.22. The number of carbonyl (C=O) groups excluding carboxylic acids is 1. The zero-order chi connectivity index (χ0) is 18.2. The van der Waals surface area contributed by atoms with Gasteiger partial charge in [-0.2, -0.15) is 0 Å². The molecule has 1 aliphatic heterocycles. The van der Waals surface area contributed by atoms with E-state index in [1.165, 1.54) is 37.1 Å². The van der Waals surface area contributed by atoms with Gasteiger partial charge >= 0.3 is 0 Å². The summed E-state index contributed by atoms with van der Waals surface area (Å²) in [5.74, 6) is -0.282. The van der Waals surface area contributed by atoms with Crippen LogP contribution in [-0.2, 0) is 11.2 Å². The number of piperidine rings is 1. The van der Waals surface area contributed by atoms with E-state index >= 15 is 0 Å². The van der Waals surface area contributed by atoms with E-state index < -0.39 is 0 Å². The van der Waals surface area contributed by atoms with Crippen molar-refractivity contribution in [1.82, 2.24) is 5.32 Å². The highest BCUT2D eigenvalue weighted by Crippen LogP contribution is 2.27. The summed E-state index contributed by atoms with van der Waals surface area (Å²) < 4.78 is 12.9. The highest BCUT2D eigenvalue weighted by molar-refractivity contribution is 5.82. The molecule has 1 heterocycles. The van der Waals surface area contributed by atoms with Crippen LogP contribution in [0.15, 0.2) is 48.5 Å². The zero-order valence-corrected chi connectivity index (χ0v) is 15.0. The molecular formula is C21H26FN3O. The van der Waals surface area contributed by atoms with Gasteiger partial charge in [-0.25, -0.2) is 4.39 Å². The van der Waals surface area contributed by atoms with Crippen LogP contribution in [0.3, 0.4) is 0 Å². The Morgan fingerprint density at radius 1 is 1.00 bits per heavy atom. The van der Waals surface area contributed by atoms with E-state index in [0.717, 1.165) is 24.3 Å². The molecule has 1 amide bonds. The Labute approximate surface area is 154 Å². The molecule has 0 radical (unpaired) electrons. The molecule has 0 aromatic heterocycles. The van der Waals surface area contributed by atoms with E-state index in [-0.39, 0.29) is 18.3 Å². The van der Waals surface area contributed by atoms with Crippen LogP contribution in [0.1, 0.15) is 24.8 Å². The molecule has 0 atom stereocenters. The Morgan fingerprint density at radius 3 is 2.50 bits per heavy atom. The van der Waals surface area contributed by atoms with Crippen molar-refractivity contribution in [3.05, 3.63) is 59.9 Å². The summed E-state index contributed by atoms with van der Waals surface area (Å²) >= 11 is 0. The first-order valence-electron chi connectivity index (χ1n) is 9.31. The van der Waals surface area contributed by atoms with E-state index in [0.29, 0.717) is 13.0 Å². The monoisotopic (exact) mass is 355 g/mol. The van der Waals surface area contributed by atoms with E-state index in [1.807, 2.05) is 18.2 Å². The maximum atomic E-state index is 12.9. The minimum absolute atomic E-state index is 0.0411. The molecule has 3 rings (SSSR count). The molecule has 5 heteroatoms. The number of rotatable bonds is 7. The van der Waals surface area contributed by atoms with Gasteiger partial charge in [-0.05, 0) is 55.5 Å². The fourth-order valence-corrected chi connectivity index (χ4v) is 3.27. The predicted molar refractivity (Wildman–Crippen MR) is 104 cm³/mol. The van der Waals surface area contributed by atoms with E-state index in [1.54, 1.807) is 12.1 Å². The van der Waals surface area contributed by atoms with Gasteiger partial charge in [0.15, 0.2) is 0 Å². The SMILES string of the molecule is O=C(CNc1ccccc1N1CCCCC1)NCCc1ccc(F)cc1. The fourth-order valence-electron chi connectivity index (χ4n) is 3.27. The van der Waals surface area contributed by atoms with Crippen molar-refractivity contribution < 1.29 is 9.18 Å². The third kappa shape index (κ3) is 5.22. The first-order chi connectivity index (χ1) is 12.7. The third-order valence-corrected chi connectivity index (χ3v) is 4.69. The molecular weight excluding hydrogens is 329 g/mol. The lowest BCUT2D eigenvalue weighted by molar-refractivity contribution is -0.119. The van der Waals surface area contributed by atoms with Gasteiger partial charge in [0.25, 0.3) is 0 Å². The van der Waals surface area contributed by atoms with Crippen molar-refractivity contribution in [3.8, 4) is 0 Å². The number of halogens is 1. The summed E-state index contributed by atoms with van der Waals surface area (Å²) in [7, 11) is 0. The van der Waals surface area contributed by atoms with Gasteiger partial charge < -0.3 is 15.5 Å². The van der Waals surface area contributed by atoms with Crippen LogP contribution in [0.5, 0.6) is 0 Å². The topological polar surface area (TPSA) is 44.4 Å². The van der Waals surface area contributed by atoms with E-state index in [2.05, 4.69) is 21.6 Å². The summed E-state index contributed by atoms with van der Waals surface area (Å²) in [5.41, 5.74) is 3.18. The second-order valence-electron chi connectivity index (χ2n) is 6.64. The molecule has 0 bridgehead atoms. The molecule has 0 aliphatic carbocycles. The average molecular weight is 355 g/mol. The highest BCUT2D eigenvalue weighted by Gasteiger charge is 2.14. The van der Waals surface area contributed by atoms with Gasteiger partial charge in [0.05, 0.1) is 17.9 Å². The Balaban J connectivity index is 1.46.